The molecule has 1 aromatic carbocycles. The minimum atomic E-state index is -1.29. The van der Waals surface area contributed by atoms with Gasteiger partial charge in [0.15, 0.2) is 0 Å². The lowest BCUT2D eigenvalue weighted by Gasteiger charge is -2.21. The molecule has 0 aliphatic heterocycles. The molecule has 0 atom stereocenters. The number of aromatic nitrogens is 1. The molecule has 1 fully saturated rings. The number of benzene rings is 1. The van der Waals surface area contributed by atoms with Crippen LogP contribution in [0.1, 0.15) is 25.7 Å². The summed E-state index contributed by atoms with van der Waals surface area (Å²) in [4.78, 5) is 23.2. The highest BCUT2D eigenvalue weighted by Gasteiger charge is 2.38. The Labute approximate surface area is 127 Å². The van der Waals surface area contributed by atoms with Gasteiger partial charge in [-0.05, 0) is 43.9 Å². The van der Waals surface area contributed by atoms with Crippen molar-refractivity contribution in [3.63, 3.8) is 0 Å². The summed E-state index contributed by atoms with van der Waals surface area (Å²) in [5.41, 5.74) is 0.0387. The van der Waals surface area contributed by atoms with E-state index in [4.69, 9.17) is 5.11 Å². The molecule has 22 heavy (non-hydrogen) atoms. The van der Waals surface area contributed by atoms with Crippen molar-refractivity contribution in [3.8, 4) is 0 Å². The maximum Gasteiger partial charge on any atom is 0.323 e. The third kappa shape index (κ3) is 2.57. The van der Waals surface area contributed by atoms with Crippen molar-refractivity contribution in [1.82, 2.24) is 4.57 Å². The van der Waals surface area contributed by atoms with E-state index in [1.807, 2.05) is 0 Å². The summed E-state index contributed by atoms with van der Waals surface area (Å²) >= 11 is 0. The lowest BCUT2D eigenvalue weighted by molar-refractivity contribution is -0.137. The molecule has 6 heteroatoms. The van der Waals surface area contributed by atoms with Gasteiger partial charge in [0.05, 0.1) is 11.2 Å². The number of amides is 1. The number of aliphatic carboxylic acids is 1. The second-order valence-electron chi connectivity index (χ2n) is 5.77. The van der Waals surface area contributed by atoms with Crippen LogP contribution in [-0.2, 0) is 16.1 Å². The number of fused-ring (bicyclic) bond motifs is 1. The Morgan fingerprint density at radius 1 is 1.23 bits per heavy atom. The van der Waals surface area contributed by atoms with E-state index < -0.39 is 11.6 Å². The maximum absolute atomic E-state index is 12.3. The van der Waals surface area contributed by atoms with E-state index in [0.717, 1.165) is 23.7 Å². The highest BCUT2D eigenvalue weighted by Crippen LogP contribution is 2.32. The predicted molar refractivity (Wildman–Crippen MR) is 81.6 cm³/mol. The van der Waals surface area contributed by atoms with Crippen molar-refractivity contribution in [1.29, 1.82) is 0 Å². The quantitative estimate of drug-likeness (QED) is 0.805. The lowest BCUT2D eigenvalue weighted by Crippen LogP contribution is -2.40. The van der Waals surface area contributed by atoms with Gasteiger partial charge in [-0.2, -0.15) is 0 Å². The molecule has 1 heterocycles. The van der Waals surface area contributed by atoms with Crippen LogP contribution in [-0.4, -0.2) is 32.3 Å². The number of anilines is 1. The fraction of sp³-hybridized carbons (Fsp3) is 0.375. The maximum atomic E-state index is 12.3. The van der Waals surface area contributed by atoms with E-state index in [0.29, 0.717) is 18.5 Å². The van der Waals surface area contributed by atoms with Gasteiger partial charge >= 0.3 is 5.97 Å². The number of aliphatic hydroxyl groups is 1. The molecule has 1 saturated carbocycles. The Hall–Kier alpha value is -2.34. The van der Waals surface area contributed by atoms with Crippen LogP contribution in [0.3, 0.4) is 0 Å². The van der Waals surface area contributed by atoms with Crippen LogP contribution < -0.4 is 5.32 Å². The number of carboxylic acids is 1. The summed E-state index contributed by atoms with van der Waals surface area (Å²) in [6, 6.07) is 7.09. The standard InChI is InChI=1S/C16H18N2O4/c19-14(20)10-18-9-6-11-12(4-3-5-13(11)18)17-15(21)16(22)7-1-2-8-16/h3-6,9,22H,1-2,7-8,10H2,(H,17,21)(H,19,20). The van der Waals surface area contributed by atoms with Crippen LogP contribution in [0.5, 0.6) is 0 Å². The van der Waals surface area contributed by atoms with Gasteiger partial charge in [0, 0.05) is 11.6 Å². The molecular formula is C16H18N2O4. The summed E-state index contributed by atoms with van der Waals surface area (Å²) < 4.78 is 1.61. The van der Waals surface area contributed by atoms with E-state index in [2.05, 4.69) is 5.32 Å². The molecule has 1 aliphatic carbocycles. The van der Waals surface area contributed by atoms with E-state index >= 15 is 0 Å². The van der Waals surface area contributed by atoms with Crippen molar-refractivity contribution in [2.75, 3.05) is 5.32 Å². The molecule has 6 nitrogen and oxygen atoms in total. The molecule has 116 valence electrons. The summed E-state index contributed by atoms with van der Waals surface area (Å²) in [5.74, 6) is -1.31. The molecule has 1 amide bonds. The van der Waals surface area contributed by atoms with E-state index in [1.165, 1.54) is 0 Å². The number of nitrogens with zero attached hydrogens (tertiary/aromatic N) is 1. The summed E-state index contributed by atoms with van der Waals surface area (Å²) in [5, 5.41) is 22.8. The van der Waals surface area contributed by atoms with Crippen LogP contribution >= 0.6 is 0 Å². The molecule has 0 unspecified atom stereocenters. The van der Waals surface area contributed by atoms with Gasteiger partial charge in [0.1, 0.15) is 12.1 Å². The van der Waals surface area contributed by atoms with Crippen LogP contribution in [0.25, 0.3) is 10.9 Å². The first-order valence-corrected chi connectivity index (χ1v) is 7.33. The van der Waals surface area contributed by atoms with Crippen LogP contribution in [0.2, 0.25) is 0 Å². The summed E-state index contributed by atoms with van der Waals surface area (Å²) in [7, 11) is 0. The van der Waals surface area contributed by atoms with Crippen molar-refractivity contribution in [2.45, 2.75) is 37.8 Å². The smallest absolute Gasteiger partial charge is 0.323 e. The minimum absolute atomic E-state index is 0.134. The molecule has 1 aliphatic rings. The van der Waals surface area contributed by atoms with E-state index in [9.17, 15) is 14.7 Å². The third-order valence-corrected chi connectivity index (χ3v) is 4.22. The highest BCUT2D eigenvalue weighted by molar-refractivity contribution is 6.04. The number of rotatable bonds is 4. The monoisotopic (exact) mass is 302 g/mol. The van der Waals surface area contributed by atoms with Crippen LogP contribution in [0, 0.1) is 0 Å². The van der Waals surface area contributed by atoms with Crippen molar-refractivity contribution >= 4 is 28.5 Å². The first-order valence-electron chi connectivity index (χ1n) is 7.33. The van der Waals surface area contributed by atoms with Gasteiger partial charge < -0.3 is 20.1 Å². The SMILES string of the molecule is O=C(O)Cn1ccc2c(NC(=O)C3(O)CCCC3)cccc21. The van der Waals surface area contributed by atoms with E-state index in [-0.39, 0.29) is 12.5 Å². The van der Waals surface area contributed by atoms with Gasteiger partial charge in [-0.15, -0.1) is 0 Å². The fourth-order valence-corrected chi connectivity index (χ4v) is 3.04. The van der Waals surface area contributed by atoms with Gasteiger partial charge in [0.25, 0.3) is 5.91 Å². The molecule has 0 radical (unpaired) electrons. The molecule has 0 spiro atoms. The molecule has 2 aromatic rings. The first kappa shape index (κ1) is 14.6. The normalized spacial score (nSPS) is 16.8. The Bertz CT molecular complexity index is 729. The zero-order valence-corrected chi connectivity index (χ0v) is 12.1. The van der Waals surface area contributed by atoms with Crippen molar-refractivity contribution in [3.05, 3.63) is 30.5 Å². The Kier molecular flexibility index (Phi) is 3.62. The number of carbonyl (C=O) groups excluding carboxylic acids is 1. The number of nitrogens with one attached hydrogen (secondary N) is 1. The largest absolute Gasteiger partial charge is 0.480 e. The van der Waals surface area contributed by atoms with Crippen molar-refractivity contribution in [2.24, 2.45) is 0 Å². The average molecular weight is 302 g/mol. The predicted octanol–water partition coefficient (Wildman–Crippen LogP) is 1.97. The third-order valence-electron chi connectivity index (χ3n) is 4.22. The molecule has 0 saturated heterocycles. The first-order chi connectivity index (χ1) is 10.5. The van der Waals surface area contributed by atoms with Crippen LogP contribution in [0.15, 0.2) is 30.5 Å². The Morgan fingerprint density at radius 2 is 1.95 bits per heavy atom. The van der Waals surface area contributed by atoms with Gasteiger partial charge in [-0.3, -0.25) is 9.59 Å². The Balaban J connectivity index is 1.89. The topological polar surface area (TPSA) is 91.6 Å². The lowest BCUT2D eigenvalue weighted by atomic mass is 10.0. The fourth-order valence-electron chi connectivity index (χ4n) is 3.04. The van der Waals surface area contributed by atoms with Gasteiger partial charge in [-0.25, -0.2) is 0 Å². The van der Waals surface area contributed by atoms with Gasteiger partial charge in [-0.1, -0.05) is 6.07 Å². The molecule has 3 N–H and O–H groups in total. The van der Waals surface area contributed by atoms with Crippen molar-refractivity contribution < 1.29 is 19.8 Å². The number of hydrogen-bond donors (Lipinski definition) is 3. The average Bonchev–Trinajstić information content (AvgIpc) is 3.07. The number of carboxylic acid groups (broad SMARTS) is 1. The van der Waals surface area contributed by atoms with E-state index in [1.54, 1.807) is 35.0 Å². The summed E-state index contributed by atoms with van der Waals surface area (Å²) in [6.07, 6.45) is 4.34. The number of hydrogen-bond acceptors (Lipinski definition) is 3. The highest BCUT2D eigenvalue weighted by atomic mass is 16.4. The molecule has 3 rings (SSSR count). The zero-order chi connectivity index (χ0) is 15.7. The van der Waals surface area contributed by atoms with Crippen LogP contribution in [0.4, 0.5) is 5.69 Å². The second-order valence-corrected chi connectivity index (χ2v) is 5.77. The molecule has 1 aromatic heterocycles. The number of carbonyl (C=O) groups is 2. The van der Waals surface area contributed by atoms with Gasteiger partial charge in [0.2, 0.25) is 0 Å². The molecular weight excluding hydrogens is 284 g/mol. The Morgan fingerprint density at radius 3 is 2.64 bits per heavy atom. The summed E-state index contributed by atoms with van der Waals surface area (Å²) in [6.45, 7) is -0.134. The second kappa shape index (κ2) is 5.46. The zero-order valence-electron chi connectivity index (χ0n) is 12.1. The molecule has 0 bridgehead atoms. The minimum Gasteiger partial charge on any atom is -0.480 e.